The molecule has 7 nitrogen and oxygen atoms in total. The van der Waals surface area contributed by atoms with Crippen molar-refractivity contribution >= 4 is 16.6 Å². The Bertz CT molecular complexity index is 1370. The number of aryl methyl sites for hydroxylation is 1. The van der Waals surface area contributed by atoms with Crippen LogP contribution in [-0.4, -0.2) is 19.8 Å². The number of hydrogen-bond donors (Lipinski definition) is 0. The number of fused-ring (bicyclic) bond motifs is 2. The van der Waals surface area contributed by atoms with Crippen molar-refractivity contribution in [3.63, 3.8) is 0 Å². The van der Waals surface area contributed by atoms with E-state index in [1.165, 1.54) is 6.07 Å². The molecule has 0 aliphatic heterocycles. The van der Waals surface area contributed by atoms with Crippen LogP contribution in [0.4, 0.5) is 0 Å². The third-order valence-corrected chi connectivity index (χ3v) is 4.42. The fourth-order valence-corrected chi connectivity index (χ4v) is 3.08. The highest BCUT2D eigenvalue weighted by Gasteiger charge is 2.11. The van der Waals surface area contributed by atoms with Gasteiger partial charge in [0.25, 0.3) is 0 Å². The van der Waals surface area contributed by atoms with Crippen LogP contribution in [0.1, 0.15) is 5.56 Å². The highest BCUT2D eigenvalue weighted by Crippen LogP contribution is 2.26. The van der Waals surface area contributed by atoms with Gasteiger partial charge in [0, 0.05) is 29.1 Å². The molecule has 0 aliphatic rings. The highest BCUT2D eigenvalue weighted by atomic mass is 16.5. The van der Waals surface area contributed by atoms with E-state index >= 15 is 0 Å². The number of ether oxygens (including phenoxy) is 1. The lowest BCUT2D eigenvalue weighted by Crippen LogP contribution is -1.99. The molecule has 136 valence electrons. The molecule has 0 bridgehead atoms. The van der Waals surface area contributed by atoms with Crippen molar-refractivity contribution in [2.75, 3.05) is 0 Å². The van der Waals surface area contributed by atoms with Gasteiger partial charge in [-0.15, -0.1) is 15.3 Å². The van der Waals surface area contributed by atoms with Crippen LogP contribution in [0.15, 0.2) is 75.9 Å². The Labute approximate surface area is 158 Å². The van der Waals surface area contributed by atoms with Crippen LogP contribution in [0.2, 0.25) is 0 Å². The summed E-state index contributed by atoms with van der Waals surface area (Å²) in [5.41, 5.74) is 2.46. The molecule has 2 aromatic carbocycles. The topological polar surface area (TPSA) is 82.5 Å². The predicted molar refractivity (Wildman–Crippen MR) is 104 cm³/mol. The van der Waals surface area contributed by atoms with Crippen molar-refractivity contribution in [3.8, 4) is 23.0 Å². The summed E-state index contributed by atoms with van der Waals surface area (Å²) in [4.78, 5) is 11.6. The number of rotatable bonds is 3. The van der Waals surface area contributed by atoms with Crippen LogP contribution in [0.5, 0.6) is 11.6 Å². The van der Waals surface area contributed by atoms with Crippen molar-refractivity contribution in [2.24, 2.45) is 0 Å². The number of aromatic nitrogens is 4. The van der Waals surface area contributed by atoms with Crippen LogP contribution in [0, 0.1) is 6.92 Å². The first-order valence-corrected chi connectivity index (χ1v) is 8.68. The van der Waals surface area contributed by atoms with E-state index < -0.39 is 5.63 Å². The van der Waals surface area contributed by atoms with Gasteiger partial charge in [-0.05, 0) is 30.7 Å². The molecule has 7 heteroatoms. The molecule has 0 fully saturated rings. The zero-order valence-corrected chi connectivity index (χ0v) is 14.9. The largest absolute Gasteiger partial charge is 0.437 e. The summed E-state index contributed by atoms with van der Waals surface area (Å²) in [6.45, 7) is 1.87. The molecule has 0 unspecified atom stereocenters. The standard InChI is InChI=1S/C21H14N4O3/c1-13-11-20(26)28-17-12-15(7-8-16(13)17)27-19-10-9-18-22-23-21(25(18)24-19)14-5-3-2-4-6-14/h2-12H,1H3. The summed E-state index contributed by atoms with van der Waals surface area (Å²) in [5, 5.41) is 13.7. The maximum atomic E-state index is 11.6. The van der Waals surface area contributed by atoms with Crippen LogP contribution in [0.3, 0.4) is 0 Å². The second kappa shape index (κ2) is 6.31. The van der Waals surface area contributed by atoms with Crippen LogP contribution >= 0.6 is 0 Å². The average molecular weight is 370 g/mol. The molecule has 0 aliphatic carbocycles. The van der Waals surface area contributed by atoms with Gasteiger partial charge in [0.05, 0.1) is 0 Å². The van der Waals surface area contributed by atoms with Crippen LogP contribution in [0.25, 0.3) is 28.0 Å². The van der Waals surface area contributed by atoms with E-state index in [1.54, 1.807) is 22.7 Å². The van der Waals surface area contributed by atoms with Gasteiger partial charge in [-0.1, -0.05) is 30.3 Å². The zero-order valence-electron chi connectivity index (χ0n) is 14.9. The summed E-state index contributed by atoms with van der Waals surface area (Å²) in [5.74, 6) is 1.52. The first-order chi connectivity index (χ1) is 13.7. The van der Waals surface area contributed by atoms with Crippen LogP contribution in [-0.2, 0) is 0 Å². The van der Waals surface area contributed by atoms with Gasteiger partial charge in [-0.3, -0.25) is 0 Å². The minimum atomic E-state index is -0.390. The van der Waals surface area contributed by atoms with Gasteiger partial charge < -0.3 is 9.15 Å². The Morgan fingerprint density at radius 2 is 1.82 bits per heavy atom. The molecule has 0 spiro atoms. The van der Waals surface area contributed by atoms with Gasteiger partial charge in [-0.2, -0.15) is 4.52 Å². The van der Waals surface area contributed by atoms with Crippen LogP contribution < -0.4 is 10.4 Å². The van der Waals surface area contributed by atoms with Gasteiger partial charge in [-0.25, -0.2) is 4.79 Å². The zero-order chi connectivity index (χ0) is 19.1. The Morgan fingerprint density at radius 1 is 0.964 bits per heavy atom. The molecule has 0 radical (unpaired) electrons. The summed E-state index contributed by atoms with van der Waals surface area (Å²) in [6.07, 6.45) is 0. The Kier molecular flexibility index (Phi) is 3.65. The summed E-state index contributed by atoms with van der Waals surface area (Å²) in [6, 6.07) is 20.0. The molecule has 5 aromatic rings. The summed E-state index contributed by atoms with van der Waals surface area (Å²) < 4.78 is 12.8. The maximum absolute atomic E-state index is 11.6. The van der Waals surface area contributed by atoms with Crippen molar-refractivity contribution in [1.82, 2.24) is 19.8 Å². The van der Waals surface area contributed by atoms with Crippen molar-refractivity contribution in [3.05, 3.63) is 82.7 Å². The minimum absolute atomic E-state index is 0.374. The van der Waals surface area contributed by atoms with E-state index in [9.17, 15) is 4.79 Å². The fourth-order valence-electron chi connectivity index (χ4n) is 3.08. The van der Waals surface area contributed by atoms with E-state index in [-0.39, 0.29) is 0 Å². The minimum Gasteiger partial charge on any atom is -0.437 e. The normalized spacial score (nSPS) is 11.2. The third kappa shape index (κ3) is 2.79. The molecule has 3 aromatic heterocycles. The molecule has 28 heavy (non-hydrogen) atoms. The molecule has 3 heterocycles. The summed E-state index contributed by atoms with van der Waals surface area (Å²) >= 11 is 0. The Balaban J connectivity index is 1.55. The quantitative estimate of drug-likeness (QED) is 0.447. The molecule has 0 amide bonds. The fraction of sp³-hybridized carbons (Fsp3) is 0.0476. The molecular formula is C21H14N4O3. The van der Waals surface area contributed by atoms with E-state index in [2.05, 4.69) is 15.3 Å². The first kappa shape index (κ1) is 16.2. The Hall–Kier alpha value is -4.00. The molecular weight excluding hydrogens is 356 g/mol. The molecule has 0 atom stereocenters. The van der Waals surface area contributed by atoms with E-state index in [1.807, 2.05) is 49.4 Å². The second-order valence-electron chi connectivity index (χ2n) is 6.34. The number of benzene rings is 2. The molecule has 0 saturated heterocycles. The number of nitrogens with zero attached hydrogens (tertiary/aromatic N) is 4. The van der Waals surface area contributed by atoms with Crippen molar-refractivity contribution in [1.29, 1.82) is 0 Å². The van der Waals surface area contributed by atoms with E-state index in [4.69, 9.17) is 9.15 Å². The van der Waals surface area contributed by atoms with Crippen molar-refractivity contribution in [2.45, 2.75) is 6.92 Å². The van der Waals surface area contributed by atoms with Gasteiger partial charge in [0.15, 0.2) is 11.5 Å². The smallest absolute Gasteiger partial charge is 0.336 e. The van der Waals surface area contributed by atoms with E-state index in [0.717, 1.165) is 16.5 Å². The SMILES string of the molecule is Cc1cc(=O)oc2cc(Oc3ccc4nnc(-c5ccccc5)n4n3)ccc12. The van der Waals surface area contributed by atoms with E-state index in [0.29, 0.717) is 28.7 Å². The lowest BCUT2D eigenvalue weighted by molar-refractivity contribution is 0.451. The number of hydrogen-bond acceptors (Lipinski definition) is 6. The summed E-state index contributed by atoms with van der Waals surface area (Å²) in [7, 11) is 0. The predicted octanol–water partition coefficient (Wildman–Crippen LogP) is 4.00. The molecule has 5 rings (SSSR count). The van der Waals surface area contributed by atoms with Gasteiger partial charge in [0.1, 0.15) is 11.3 Å². The lowest BCUT2D eigenvalue weighted by atomic mass is 10.1. The van der Waals surface area contributed by atoms with Gasteiger partial charge >= 0.3 is 5.63 Å². The first-order valence-electron chi connectivity index (χ1n) is 8.68. The molecule has 0 N–H and O–H groups in total. The molecule has 0 saturated carbocycles. The second-order valence-corrected chi connectivity index (χ2v) is 6.34. The highest BCUT2D eigenvalue weighted by molar-refractivity contribution is 5.81. The Morgan fingerprint density at radius 3 is 2.68 bits per heavy atom. The van der Waals surface area contributed by atoms with Crippen molar-refractivity contribution < 1.29 is 9.15 Å². The maximum Gasteiger partial charge on any atom is 0.336 e. The third-order valence-electron chi connectivity index (χ3n) is 4.42. The monoisotopic (exact) mass is 370 g/mol. The lowest BCUT2D eigenvalue weighted by Gasteiger charge is -2.07. The van der Waals surface area contributed by atoms with Gasteiger partial charge in [0.2, 0.25) is 5.88 Å². The average Bonchev–Trinajstić information content (AvgIpc) is 3.11.